The van der Waals surface area contributed by atoms with Crippen molar-refractivity contribution in [2.24, 2.45) is 0 Å². The van der Waals surface area contributed by atoms with E-state index in [0.717, 1.165) is 12.1 Å². The molecule has 1 aromatic rings. The molecule has 1 aromatic carbocycles. The van der Waals surface area contributed by atoms with Crippen molar-refractivity contribution in [2.75, 3.05) is 5.73 Å². The predicted octanol–water partition coefficient (Wildman–Crippen LogP) is 1.35. The summed E-state index contributed by atoms with van der Waals surface area (Å²) in [7, 11) is 0. The molecular formula is C9H6FN3. The number of nitriles is 2. The molecule has 0 saturated heterocycles. The highest BCUT2D eigenvalue weighted by molar-refractivity contribution is 5.58. The van der Waals surface area contributed by atoms with Gasteiger partial charge in [0.25, 0.3) is 0 Å². The van der Waals surface area contributed by atoms with Gasteiger partial charge in [-0.05, 0) is 17.7 Å². The summed E-state index contributed by atoms with van der Waals surface area (Å²) in [4.78, 5) is 0. The third kappa shape index (κ3) is 1.74. The van der Waals surface area contributed by atoms with E-state index in [1.54, 1.807) is 0 Å². The number of nitrogen functional groups attached to an aromatic ring is 1. The van der Waals surface area contributed by atoms with Gasteiger partial charge in [0.1, 0.15) is 11.9 Å². The van der Waals surface area contributed by atoms with Crippen LogP contribution in [0.2, 0.25) is 0 Å². The van der Waals surface area contributed by atoms with Crippen LogP contribution in [0.5, 0.6) is 0 Å². The lowest BCUT2D eigenvalue weighted by Crippen LogP contribution is -1.97. The Balaban J connectivity index is 3.33. The van der Waals surface area contributed by atoms with Crippen molar-refractivity contribution >= 4 is 5.69 Å². The average Bonchev–Trinajstić information content (AvgIpc) is 2.04. The second-order valence-electron chi connectivity index (χ2n) is 2.48. The summed E-state index contributed by atoms with van der Waals surface area (Å²) < 4.78 is 12.8. The van der Waals surface area contributed by atoms with Crippen LogP contribution in [0.25, 0.3) is 0 Å². The fraction of sp³-hybridized carbons (Fsp3) is 0.111. The zero-order valence-corrected chi connectivity index (χ0v) is 6.71. The molecule has 0 heterocycles. The van der Waals surface area contributed by atoms with E-state index in [9.17, 15) is 4.39 Å². The van der Waals surface area contributed by atoms with Crippen LogP contribution >= 0.6 is 0 Å². The fourth-order valence-corrected chi connectivity index (χ4v) is 1.05. The lowest BCUT2D eigenvalue weighted by atomic mass is 10.0. The van der Waals surface area contributed by atoms with Gasteiger partial charge in [-0.25, -0.2) is 4.39 Å². The summed E-state index contributed by atoms with van der Waals surface area (Å²) in [6.45, 7) is 0. The Kier molecular flexibility index (Phi) is 2.47. The number of nitrogens with zero attached hydrogens (tertiary/aromatic N) is 2. The first-order chi connectivity index (χ1) is 6.19. The third-order valence-corrected chi connectivity index (χ3v) is 1.60. The van der Waals surface area contributed by atoms with E-state index in [1.807, 2.05) is 12.1 Å². The van der Waals surface area contributed by atoms with Gasteiger partial charge in [-0.3, -0.25) is 0 Å². The third-order valence-electron chi connectivity index (χ3n) is 1.60. The second-order valence-corrected chi connectivity index (χ2v) is 2.48. The van der Waals surface area contributed by atoms with Crippen molar-refractivity contribution in [3.63, 3.8) is 0 Å². The van der Waals surface area contributed by atoms with Crippen molar-refractivity contribution in [1.29, 1.82) is 10.5 Å². The first-order valence-electron chi connectivity index (χ1n) is 3.54. The zero-order chi connectivity index (χ0) is 9.84. The number of nitrogens with two attached hydrogens (primary N) is 1. The largest absolute Gasteiger partial charge is 0.398 e. The number of halogens is 1. The smallest absolute Gasteiger partial charge is 0.125 e. The summed E-state index contributed by atoms with van der Waals surface area (Å²) >= 11 is 0. The number of hydrogen-bond donors (Lipinski definition) is 1. The van der Waals surface area contributed by atoms with Crippen LogP contribution in [0, 0.1) is 28.5 Å². The molecule has 64 valence electrons. The molecule has 0 aromatic heterocycles. The van der Waals surface area contributed by atoms with Gasteiger partial charge in [-0.1, -0.05) is 0 Å². The monoisotopic (exact) mass is 175 g/mol. The minimum Gasteiger partial charge on any atom is -0.398 e. The van der Waals surface area contributed by atoms with Crippen molar-refractivity contribution < 1.29 is 4.39 Å². The summed E-state index contributed by atoms with van der Waals surface area (Å²) in [6.07, 6.45) is -0.00907. The highest BCUT2D eigenvalue weighted by Crippen LogP contribution is 2.18. The van der Waals surface area contributed by atoms with Crippen LogP contribution in [-0.4, -0.2) is 0 Å². The number of benzene rings is 1. The van der Waals surface area contributed by atoms with Gasteiger partial charge in [0.05, 0.1) is 23.7 Å². The first-order valence-corrected chi connectivity index (χ1v) is 3.54. The molecule has 13 heavy (non-hydrogen) atoms. The maximum atomic E-state index is 12.8. The van der Waals surface area contributed by atoms with Crippen LogP contribution in [0.1, 0.15) is 11.1 Å². The molecule has 0 radical (unpaired) electrons. The summed E-state index contributed by atoms with van der Waals surface area (Å²) in [5.74, 6) is -0.526. The molecule has 0 spiro atoms. The Bertz CT molecular complexity index is 412. The molecule has 0 aliphatic carbocycles. The Hall–Kier alpha value is -2.07. The lowest BCUT2D eigenvalue weighted by molar-refractivity contribution is 0.626. The molecule has 4 heteroatoms. The molecule has 0 aliphatic heterocycles. The average molecular weight is 175 g/mol. The number of rotatable bonds is 1. The Labute approximate surface area is 74.8 Å². The minimum atomic E-state index is -0.526. The van der Waals surface area contributed by atoms with Crippen LogP contribution in [0.4, 0.5) is 10.1 Å². The number of anilines is 1. The van der Waals surface area contributed by atoms with Crippen LogP contribution in [-0.2, 0) is 6.42 Å². The molecule has 0 amide bonds. The van der Waals surface area contributed by atoms with Gasteiger partial charge in [-0.15, -0.1) is 0 Å². The molecular weight excluding hydrogens is 169 g/mol. The van der Waals surface area contributed by atoms with Crippen molar-refractivity contribution in [3.05, 3.63) is 29.1 Å². The maximum Gasteiger partial charge on any atom is 0.125 e. The Morgan fingerprint density at radius 1 is 1.38 bits per heavy atom. The standard InChI is InChI=1S/C9H6FN3/c10-7-3-6(1-2-11)8(5-12)9(13)4-7/h3-4H,1,13H2. The van der Waals surface area contributed by atoms with Gasteiger partial charge in [-0.2, -0.15) is 10.5 Å². The highest BCUT2D eigenvalue weighted by Gasteiger charge is 2.07. The van der Waals surface area contributed by atoms with Gasteiger partial charge in [0, 0.05) is 0 Å². The van der Waals surface area contributed by atoms with E-state index in [2.05, 4.69) is 0 Å². The van der Waals surface area contributed by atoms with E-state index in [-0.39, 0.29) is 17.7 Å². The van der Waals surface area contributed by atoms with Gasteiger partial charge in [0.2, 0.25) is 0 Å². The van der Waals surface area contributed by atoms with Gasteiger partial charge < -0.3 is 5.73 Å². The second kappa shape index (κ2) is 3.55. The number of hydrogen-bond acceptors (Lipinski definition) is 3. The van der Waals surface area contributed by atoms with Gasteiger partial charge >= 0.3 is 0 Å². The summed E-state index contributed by atoms with van der Waals surface area (Å²) in [5, 5.41) is 17.1. The van der Waals surface area contributed by atoms with Crippen molar-refractivity contribution in [3.8, 4) is 12.1 Å². The fourth-order valence-electron chi connectivity index (χ4n) is 1.05. The Morgan fingerprint density at radius 3 is 2.62 bits per heavy atom. The molecule has 0 atom stereocenters. The predicted molar refractivity (Wildman–Crippen MR) is 44.8 cm³/mol. The van der Waals surface area contributed by atoms with Crippen LogP contribution in [0.3, 0.4) is 0 Å². The zero-order valence-electron chi connectivity index (χ0n) is 6.71. The van der Waals surface area contributed by atoms with E-state index in [0.29, 0.717) is 5.56 Å². The molecule has 1 rings (SSSR count). The topological polar surface area (TPSA) is 73.6 Å². The van der Waals surface area contributed by atoms with Crippen LogP contribution < -0.4 is 5.73 Å². The molecule has 0 saturated carbocycles. The lowest BCUT2D eigenvalue weighted by Gasteiger charge is -2.02. The highest BCUT2D eigenvalue weighted by atomic mass is 19.1. The van der Waals surface area contributed by atoms with Crippen molar-refractivity contribution in [1.82, 2.24) is 0 Å². The Morgan fingerprint density at radius 2 is 2.08 bits per heavy atom. The maximum absolute atomic E-state index is 12.8. The van der Waals surface area contributed by atoms with Crippen molar-refractivity contribution in [2.45, 2.75) is 6.42 Å². The van der Waals surface area contributed by atoms with E-state index >= 15 is 0 Å². The molecule has 0 unspecified atom stereocenters. The van der Waals surface area contributed by atoms with E-state index in [1.165, 1.54) is 0 Å². The molecule has 0 bridgehead atoms. The SMILES string of the molecule is N#CCc1cc(F)cc(N)c1C#N. The summed E-state index contributed by atoms with van der Waals surface area (Å²) in [5.41, 5.74) is 5.99. The van der Waals surface area contributed by atoms with Gasteiger partial charge in [0.15, 0.2) is 0 Å². The molecule has 3 nitrogen and oxygen atoms in total. The normalized spacial score (nSPS) is 8.85. The van der Waals surface area contributed by atoms with E-state index in [4.69, 9.17) is 16.3 Å². The van der Waals surface area contributed by atoms with E-state index < -0.39 is 5.82 Å². The molecule has 2 N–H and O–H groups in total. The quantitative estimate of drug-likeness (QED) is 0.654. The molecule has 0 aliphatic rings. The molecule has 0 fully saturated rings. The summed E-state index contributed by atoms with van der Waals surface area (Å²) in [6, 6.07) is 5.89. The first kappa shape index (κ1) is 9.02. The minimum absolute atomic E-state index is 0.00907. The van der Waals surface area contributed by atoms with Crippen LogP contribution in [0.15, 0.2) is 12.1 Å².